The third kappa shape index (κ3) is 12.7. The monoisotopic (exact) mass is 752 g/mol. The number of ether oxygens (including phenoxy) is 1. The lowest BCUT2D eigenvalue weighted by atomic mass is 9.80. The van der Waals surface area contributed by atoms with E-state index in [9.17, 15) is 19.2 Å². The van der Waals surface area contributed by atoms with Crippen molar-refractivity contribution in [3.8, 4) is 0 Å². The van der Waals surface area contributed by atoms with Gasteiger partial charge < -0.3 is 25.6 Å². The van der Waals surface area contributed by atoms with Crippen molar-refractivity contribution in [1.29, 1.82) is 0 Å². The zero-order valence-electron chi connectivity index (χ0n) is 33.2. The second kappa shape index (κ2) is 19.6. The third-order valence-electron chi connectivity index (χ3n) is 9.28. The molecule has 0 spiro atoms. The van der Waals surface area contributed by atoms with Crippen LogP contribution in [0, 0.1) is 25.2 Å². The summed E-state index contributed by atoms with van der Waals surface area (Å²) in [5, 5.41) is 11.5. The van der Waals surface area contributed by atoms with Gasteiger partial charge in [0.05, 0.1) is 23.6 Å². The normalized spacial score (nSPS) is 13.7. The smallest absolute Gasteiger partial charge is 0.407 e. The third-order valence-corrected chi connectivity index (χ3v) is 9.28. The van der Waals surface area contributed by atoms with E-state index in [1.54, 1.807) is 13.0 Å². The minimum Gasteiger partial charge on any atom is -0.448 e. The van der Waals surface area contributed by atoms with E-state index in [0.717, 1.165) is 60.4 Å². The highest BCUT2D eigenvalue weighted by atomic mass is 16.5. The molecule has 0 bridgehead atoms. The van der Waals surface area contributed by atoms with Crippen molar-refractivity contribution in [2.45, 2.75) is 74.1 Å². The molecule has 13 nitrogen and oxygen atoms in total. The van der Waals surface area contributed by atoms with Crippen LogP contribution in [0.3, 0.4) is 0 Å². The molecule has 0 saturated heterocycles. The first-order chi connectivity index (χ1) is 26.2. The van der Waals surface area contributed by atoms with E-state index < -0.39 is 12.1 Å². The van der Waals surface area contributed by atoms with Crippen molar-refractivity contribution in [3.63, 3.8) is 0 Å². The topological polar surface area (TPSA) is 170 Å². The van der Waals surface area contributed by atoms with Gasteiger partial charge in [-0.2, -0.15) is 0 Å². The molecule has 3 aromatic rings. The van der Waals surface area contributed by atoms with Crippen LogP contribution in [-0.2, 0) is 4.74 Å². The van der Waals surface area contributed by atoms with Crippen LogP contribution in [0.4, 0.5) is 26.9 Å². The quantitative estimate of drug-likeness (QED) is 0.0901. The number of aliphatic imine (C=N–C) groups is 1. The first-order valence-electron chi connectivity index (χ1n) is 19.0. The molecule has 3 amide bonds. The van der Waals surface area contributed by atoms with Gasteiger partial charge in [0.15, 0.2) is 0 Å². The Kier molecular flexibility index (Phi) is 14.9. The molecule has 13 heteroatoms. The Balaban J connectivity index is 1.24. The molecule has 0 saturated carbocycles. The van der Waals surface area contributed by atoms with Crippen LogP contribution in [0.5, 0.6) is 0 Å². The van der Waals surface area contributed by atoms with Gasteiger partial charge in [-0.1, -0.05) is 65.0 Å². The van der Waals surface area contributed by atoms with E-state index in [2.05, 4.69) is 83.4 Å². The van der Waals surface area contributed by atoms with Crippen molar-refractivity contribution in [2.24, 2.45) is 16.3 Å². The molecule has 1 aliphatic carbocycles. The van der Waals surface area contributed by atoms with Gasteiger partial charge in [-0.15, -0.1) is 0 Å². The first-order valence-corrected chi connectivity index (χ1v) is 19.0. The van der Waals surface area contributed by atoms with E-state index in [4.69, 9.17) is 9.73 Å². The average molecular weight is 753 g/mol. The van der Waals surface area contributed by atoms with Crippen molar-refractivity contribution in [3.05, 3.63) is 105 Å². The Hall–Kier alpha value is -5.72. The molecule has 4 rings (SSSR count). The van der Waals surface area contributed by atoms with Crippen LogP contribution >= 0.6 is 0 Å². The number of rotatable bonds is 18. The largest absolute Gasteiger partial charge is 0.448 e. The summed E-state index contributed by atoms with van der Waals surface area (Å²) in [6.45, 7) is 20.5. The van der Waals surface area contributed by atoms with Crippen molar-refractivity contribution in [1.82, 2.24) is 25.9 Å². The number of aryl methyl sites for hydroxylation is 2. The summed E-state index contributed by atoms with van der Waals surface area (Å²) in [6.07, 6.45) is 4.58. The lowest BCUT2D eigenvalue weighted by molar-refractivity contribution is 0.102. The molecule has 1 aromatic heterocycles. The maximum absolute atomic E-state index is 13.2. The number of anilines is 2. The molecule has 5 N–H and O–H groups in total. The summed E-state index contributed by atoms with van der Waals surface area (Å²) in [4.78, 5) is 63.4. The predicted octanol–water partition coefficient (Wildman–Crippen LogP) is 7.31. The van der Waals surface area contributed by atoms with Gasteiger partial charge in [0.2, 0.25) is 11.7 Å². The number of likely N-dealkylation sites (N-methyl/N-ethyl adjacent to an activating group) is 1. The Morgan fingerprint density at radius 1 is 1.04 bits per heavy atom. The zero-order valence-corrected chi connectivity index (χ0v) is 33.2. The number of aromatic nitrogens is 2. The van der Waals surface area contributed by atoms with Crippen LogP contribution in [0.25, 0.3) is 0 Å². The van der Waals surface area contributed by atoms with E-state index in [1.165, 1.54) is 6.07 Å². The molecule has 0 radical (unpaired) electrons. The molecule has 294 valence electrons. The number of allylic oxidation sites excluding steroid dienone is 3. The Morgan fingerprint density at radius 3 is 2.47 bits per heavy atom. The molecular formula is C42H56N8O5. The van der Waals surface area contributed by atoms with Gasteiger partial charge in [-0.3, -0.25) is 19.9 Å². The fraction of sp³-hybridized carbons (Fsp3) is 0.429. The molecular weight excluding hydrogens is 697 g/mol. The summed E-state index contributed by atoms with van der Waals surface area (Å²) in [5.41, 5.74) is 6.20. The van der Waals surface area contributed by atoms with Crippen molar-refractivity contribution >= 4 is 40.9 Å². The van der Waals surface area contributed by atoms with Gasteiger partial charge in [-0.25, -0.2) is 19.6 Å². The standard InChI is InChI=1S/C42H56N8O5/c1-9-13-29(5)45-36-24-35(32-14-11-12-15-33(32)38(36)52)47-34-17-16-31(22-28(34)4)50(10-2)20-21-55-41(54)43-19-18-42(7,8)25-27(3)26-44-40(53)49-39-46-30(6)23-37(51)48-39/h11-12,14-17,22-24,27,45H,5,9-10,13,18-21,25-26H2,1-4,6-8H3,(H,43,54)(H3,44,46,48,49,51,53). The summed E-state index contributed by atoms with van der Waals surface area (Å²) in [5.74, 6) is 0.193. The number of carbonyl (C=O) groups excluding carboxylic acids is 3. The molecule has 0 aliphatic heterocycles. The summed E-state index contributed by atoms with van der Waals surface area (Å²) < 4.78 is 5.53. The van der Waals surface area contributed by atoms with Gasteiger partial charge in [-0.05, 0) is 81.2 Å². The fourth-order valence-corrected chi connectivity index (χ4v) is 6.61. The number of hydrogen-bond donors (Lipinski definition) is 5. The highest BCUT2D eigenvalue weighted by molar-refractivity contribution is 6.26. The number of benzene rings is 2. The SMILES string of the molecule is C=C(CCC)NC1=CC(=Nc2ccc(N(CC)CCOC(=O)NCCC(C)(C)CC(C)CNC(=O)Nc3nc(C)cc(=O)[nH]3)cc2C)c2ccccc2C1=O. The zero-order chi connectivity index (χ0) is 40.1. The predicted molar refractivity (Wildman–Crippen MR) is 219 cm³/mol. The Morgan fingerprint density at radius 2 is 1.78 bits per heavy atom. The number of amides is 3. The van der Waals surface area contributed by atoms with Gasteiger partial charge in [0, 0.05) is 53.9 Å². The highest BCUT2D eigenvalue weighted by Gasteiger charge is 2.25. The average Bonchev–Trinajstić information content (AvgIpc) is 3.11. The molecule has 1 unspecified atom stereocenters. The number of alkyl carbamates (subject to hydrolysis) is 1. The molecule has 1 heterocycles. The number of carbonyl (C=O) groups is 3. The van der Waals surface area contributed by atoms with Gasteiger partial charge >= 0.3 is 12.1 Å². The molecule has 2 aromatic carbocycles. The summed E-state index contributed by atoms with van der Waals surface area (Å²) in [7, 11) is 0. The number of nitrogens with one attached hydrogen (secondary N) is 5. The van der Waals surface area contributed by atoms with Gasteiger partial charge in [0.1, 0.15) is 6.61 Å². The number of hydrogen-bond acceptors (Lipinski definition) is 9. The number of urea groups is 1. The molecule has 55 heavy (non-hydrogen) atoms. The van der Waals surface area contributed by atoms with Crippen LogP contribution in [0.1, 0.15) is 87.5 Å². The fourth-order valence-electron chi connectivity index (χ4n) is 6.61. The first kappa shape index (κ1) is 42.0. The maximum Gasteiger partial charge on any atom is 0.407 e. The molecule has 1 atom stereocenters. The number of ketones is 1. The van der Waals surface area contributed by atoms with E-state index in [-0.39, 0.29) is 35.2 Å². The second-order valence-corrected chi connectivity index (χ2v) is 14.8. The summed E-state index contributed by atoms with van der Waals surface area (Å²) >= 11 is 0. The molecule has 0 fully saturated rings. The van der Waals surface area contributed by atoms with E-state index >= 15 is 0 Å². The minimum atomic E-state index is -0.463. The number of Topliss-reactive ketones (excluding diaryl/α,β-unsaturated/α-hetero) is 1. The number of fused-ring (bicyclic) bond motifs is 1. The lowest BCUT2D eigenvalue weighted by Gasteiger charge is -2.28. The number of H-pyrrole nitrogens is 1. The van der Waals surface area contributed by atoms with Crippen LogP contribution in [0.15, 0.2) is 82.4 Å². The minimum absolute atomic E-state index is 0.0746. The van der Waals surface area contributed by atoms with Gasteiger partial charge in [0.25, 0.3) is 5.56 Å². The number of aromatic amines is 1. The van der Waals surface area contributed by atoms with Crippen LogP contribution in [-0.4, -0.2) is 66.4 Å². The van der Waals surface area contributed by atoms with Crippen LogP contribution < -0.4 is 31.7 Å². The lowest BCUT2D eigenvalue weighted by Crippen LogP contribution is -2.35. The Bertz CT molecular complexity index is 1980. The van der Waals surface area contributed by atoms with E-state index in [0.29, 0.717) is 42.3 Å². The molecule has 1 aliphatic rings. The van der Waals surface area contributed by atoms with Crippen molar-refractivity contribution in [2.75, 3.05) is 43.0 Å². The summed E-state index contributed by atoms with van der Waals surface area (Å²) in [6, 6.07) is 14.5. The Labute approximate surface area is 324 Å². The second-order valence-electron chi connectivity index (χ2n) is 14.8. The van der Waals surface area contributed by atoms with Crippen LogP contribution in [0.2, 0.25) is 0 Å². The number of nitrogens with zero attached hydrogens (tertiary/aromatic N) is 3. The van der Waals surface area contributed by atoms with E-state index in [1.807, 2.05) is 43.3 Å². The maximum atomic E-state index is 13.2. The highest BCUT2D eigenvalue weighted by Crippen LogP contribution is 2.30. The van der Waals surface area contributed by atoms with Crippen molar-refractivity contribution < 1.29 is 19.1 Å².